The van der Waals surface area contributed by atoms with Gasteiger partial charge in [-0.3, -0.25) is 0 Å². The van der Waals surface area contributed by atoms with Gasteiger partial charge in [0.05, 0.1) is 77.8 Å². The van der Waals surface area contributed by atoms with Crippen molar-refractivity contribution in [1.82, 2.24) is 33.3 Å². The first-order valence-corrected chi connectivity index (χ1v) is 25.6. The summed E-state index contributed by atoms with van der Waals surface area (Å²) >= 11 is 0. The predicted octanol–water partition coefficient (Wildman–Crippen LogP) is 18.7. The van der Waals surface area contributed by atoms with E-state index in [1.54, 1.807) is 100 Å². The highest BCUT2D eigenvalue weighted by Crippen LogP contribution is 2.52. The molecule has 0 aliphatic carbocycles. The average Bonchev–Trinajstić information content (AvgIpc) is 1.72. The van der Waals surface area contributed by atoms with Gasteiger partial charge in [0.2, 0.25) is 0 Å². The Balaban J connectivity index is 1.38. The van der Waals surface area contributed by atoms with Gasteiger partial charge >= 0.3 is 24.7 Å². The molecule has 0 saturated carbocycles. The number of hydrogen-bond donors (Lipinski definition) is 0. The second-order valence-corrected chi connectivity index (χ2v) is 21.1. The zero-order valence-electron chi connectivity index (χ0n) is 43.5. The topological polar surface area (TPSA) is 50.4 Å². The fourth-order valence-corrected chi connectivity index (χ4v) is 12.2. The average molecular weight is 1120 g/mol. The highest BCUT2D eigenvalue weighted by atomic mass is 19.4. The maximum Gasteiger partial charge on any atom is 0.416 e. The lowest BCUT2D eigenvalue weighted by Gasteiger charge is -2.26. The fourth-order valence-electron chi connectivity index (χ4n) is 12.2. The summed E-state index contributed by atoms with van der Waals surface area (Å²) in [6.07, 6.45) is -19.7. The molecule has 0 spiro atoms. The number of alkyl halides is 12. The summed E-state index contributed by atoms with van der Waals surface area (Å²) in [7, 11) is 1.46. The van der Waals surface area contributed by atoms with E-state index in [1.807, 2.05) is 0 Å². The molecule has 0 N–H and O–H groups in total. The van der Waals surface area contributed by atoms with Crippen molar-refractivity contribution in [1.29, 1.82) is 0 Å². The Kier molecular flexibility index (Phi) is 10.5. The van der Waals surface area contributed by atoms with Crippen LogP contribution in [0.25, 0.3) is 121 Å². The molecule has 0 saturated heterocycles. The largest absolute Gasteiger partial charge is 0.416 e. The first-order valence-electron chi connectivity index (χ1n) is 25.6. The second-order valence-electron chi connectivity index (χ2n) is 21.1. The van der Waals surface area contributed by atoms with Crippen LogP contribution >= 0.6 is 0 Å². The van der Waals surface area contributed by atoms with Crippen molar-refractivity contribution in [3.05, 3.63) is 190 Å². The van der Waals surface area contributed by atoms with Crippen molar-refractivity contribution >= 4 is 98.3 Å². The minimum absolute atomic E-state index is 0.0463. The number of halogens is 12. The third-order valence-electron chi connectivity index (χ3n) is 15.7. The number of benzene rings is 9. The number of fused-ring (bicyclic) bond motifs is 13. The maximum atomic E-state index is 15.4. The van der Waals surface area contributed by atoms with Crippen LogP contribution in [0.1, 0.15) is 44.5 Å². The van der Waals surface area contributed by atoms with Crippen LogP contribution in [0.5, 0.6) is 0 Å². The van der Waals surface area contributed by atoms with Crippen molar-refractivity contribution < 1.29 is 52.7 Å². The molecule has 0 aliphatic rings. The van der Waals surface area contributed by atoms with Crippen molar-refractivity contribution in [3.63, 3.8) is 0 Å². The van der Waals surface area contributed by atoms with Crippen LogP contribution in [-0.2, 0) is 31.8 Å². The molecule has 0 amide bonds. The van der Waals surface area contributed by atoms with Crippen molar-refractivity contribution in [2.45, 2.75) is 52.4 Å². The van der Waals surface area contributed by atoms with Crippen LogP contribution < -0.4 is 0 Å². The molecule has 0 aliphatic heterocycles. The second kappa shape index (κ2) is 16.9. The molecule has 7 nitrogen and oxygen atoms in total. The van der Waals surface area contributed by atoms with E-state index < -0.39 is 47.0 Å². The van der Waals surface area contributed by atoms with Gasteiger partial charge in [-0.05, 0) is 123 Å². The summed E-state index contributed by atoms with van der Waals surface area (Å²) in [6, 6.07) is 33.6. The minimum Gasteiger partial charge on any atom is -0.305 e. The van der Waals surface area contributed by atoms with Crippen LogP contribution in [0.15, 0.2) is 146 Å². The number of nitrogens with zero attached hydrogens (tertiary/aromatic N) is 7. The lowest BCUT2D eigenvalue weighted by atomic mass is 10.1. The number of hydrogen-bond acceptors (Lipinski definition) is 2. The number of aryl methyl sites for hydroxylation is 5. The van der Waals surface area contributed by atoms with Gasteiger partial charge in [-0.1, -0.05) is 72.8 Å². The molecule has 14 aromatic rings. The summed E-state index contributed by atoms with van der Waals surface area (Å²) in [5.74, 6) is 0. The first-order chi connectivity index (χ1) is 38.7. The van der Waals surface area contributed by atoms with E-state index in [9.17, 15) is 0 Å². The van der Waals surface area contributed by atoms with Gasteiger partial charge in [0.1, 0.15) is 22.4 Å². The summed E-state index contributed by atoms with van der Waals surface area (Å²) in [5, 5.41) is 12.9. The molecule has 0 bridgehead atoms. The van der Waals surface area contributed by atoms with Gasteiger partial charge in [-0.25, -0.2) is 0 Å². The summed E-state index contributed by atoms with van der Waals surface area (Å²) in [5.41, 5.74) is -1.56. The minimum atomic E-state index is -4.95. The lowest BCUT2D eigenvalue weighted by Crippen LogP contribution is -2.15. The Morgan fingerprint density at radius 3 is 0.683 bits per heavy atom. The summed E-state index contributed by atoms with van der Waals surface area (Å²) < 4.78 is 190. The number of aromatic nitrogens is 7. The van der Waals surface area contributed by atoms with Crippen LogP contribution in [0.4, 0.5) is 52.7 Å². The van der Waals surface area contributed by atoms with Gasteiger partial charge in [0.15, 0.2) is 0 Å². The Bertz CT molecular complexity index is 4800. The van der Waals surface area contributed by atoms with E-state index in [-0.39, 0.29) is 77.7 Å². The molecular formula is C63H39F12N7. The van der Waals surface area contributed by atoms with Gasteiger partial charge < -0.3 is 18.3 Å². The molecule has 82 heavy (non-hydrogen) atoms. The van der Waals surface area contributed by atoms with E-state index in [0.29, 0.717) is 65.6 Å². The monoisotopic (exact) mass is 1120 g/mol. The molecule has 14 rings (SSSR count). The Hall–Kier alpha value is -9.26. The van der Waals surface area contributed by atoms with Crippen LogP contribution in [0.3, 0.4) is 0 Å². The molecule has 0 unspecified atom stereocenters. The van der Waals surface area contributed by atoms with Crippen LogP contribution in [0, 0.1) is 27.7 Å². The van der Waals surface area contributed by atoms with E-state index in [2.05, 4.69) is 0 Å². The van der Waals surface area contributed by atoms with Gasteiger partial charge in [-0.2, -0.15) is 67.7 Å². The quantitative estimate of drug-likeness (QED) is 0.165. The highest BCUT2D eigenvalue weighted by molar-refractivity contribution is 6.19. The SMILES string of the molecule is Cc1ccc2c3ccc(C(F)(F)F)cc3n(-c3c(-n4c5cc(C)ccc5c5ccc(C(F)(F)F)cc54)c(-n4c5cc(C)ccc5c5ccc(C(F)(F)F)cc54)c4nn(C)nc4c3-n3c4cc(C)ccc4c4ccc(C(F)(F)F)cc43)c2c1. The highest BCUT2D eigenvalue weighted by Gasteiger charge is 2.39. The molecular weight excluding hydrogens is 1080 g/mol. The predicted molar refractivity (Wildman–Crippen MR) is 295 cm³/mol. The maximum absolute atomic E-state index is 15.4. The molecule has 0 fully saturated rings. The molecule has 5 aromatic heterocycles. The molecule has 0 atom stereocenters. The van der Waals surface area contributed by atoms with Gasteiger partial charge in [-0.15, -0.1) is 0 Å². The van der Waals surface area contributed by atoms with Crippen molar-refractivity contribution in [2.75, 3.05) is 0 Å². The van der Waals surface area contributed by atoms with Gasteiger partial charge in [0, 0.05) is 50.1 Å². The fraction of sp³-hybridized carbons (Fsp3) is 0.143. The molecule has 0 radical (unpaired) electrons. The third kappa shape index (κ3) is 7.46. The zero-order valence-corrected chi connectivity index (χ0v) is 43.5. The van der Waals surface area contributed by atoms with E-state index in [4.69, 9.17) is 10.2 Å². The first kappa shape index (κ1) is 50.9. The van der Waals surface area contributed by atoms with Gasteiger partial charge in [0.25, 0.3) is 0 Å². The van der Waals surface area contributed by atoms with Crippen LogP contribution in [0.2, 0.25) is 0 Å². The van der Waals surface area contributed by atoms with E-state index in [0.717, 1.165) is 48.5 Å². The third-order valence-corrected chi connectivity index (χ3v) is 15.7. The van der Waals surface area contributed by atoms with Crippen molar-refractivity contribution in [3.8, 4) is 22.7 Å². The molecule has 410 valence electrons. The zero-order chi connectivity index (χ0) is 57.6. The Labute approximate surface area is 455 Å². The Morgan fingerprint density at radius 1 is 0.268 bits per heavy atom. The van der Waals surface area contributed by atoms with Crippen LogP contribution in [-0.4, -0.2) is 33.3 Å². The normalized spacial score (nSPS) is 13.2. The smallest absolute Gasteiger partial charge is 0.305 e. The molecule has 5 heterocycles. The van der Waals surface area contributed by atoms with E-state index in [1.165, 1.54) is 54.4 Å². The summed E-state index contributed by atoms with van der Waals surface area (Å²) in [4.78, 5) is 1.17. The Morgan fingerprint density at radius 2 is 0.463 bits per heavy atom. The van der Waals surface area contributed by atoms with Crippen molar-refractivity contribution in [2.24, 2.45) is 7.05 Å². The number of rotatable bonds is 4. The molecule has 19 heteroatoms. The molecule has 9 aromatic carbocycles. The summed E-state index contributed by atoms with van der Waals surface area (Å²) in [6.45, 7) is 7.04. The van der Waals surface area contributed by atoms with E-state index >= 15 is 52.7 Å². The standard InChI is InChI=1S/C63H39F12N7/c1-30-6-14-38-42-18-10-34(60(64,65)66)26-50(42)79(46(38)22-30)56-54-55(77-78(5)76-54)57(80-47-23-31(2)7-15-39(47)43-19-11-35(27-51(43)80)61(67,68)69)59(82-49-25-33(4)9-17-41(49)45-21-13-37(29-53(45)82)63(73,74)75)58(56)81-48-24-32(3)8-16-40(48)44-20-12-36(28-52(44)81)62(70,71)72/h6-29H,1-5H3. The lowest BCUT2D eigenvalue weighted by molar-refractivity contribution is -0.138.